The average molecular weight is 334 g/mol. The highest BCUT2D eigenvalue weighted by molar-refractivity contribution is 7.89. The van der Waals surface area contributed by atoms with E-state index in [2.05, 4.69) is 4.72 Å². The zero-order valence-corrected chi connectivity index (χ0v) is 14.2. The Morgan fingerprint density at radius 1 is 0.957 bits per heavy atom. The molecule has 0 fully saturated rings. The molecule has 0 aliphatic carbocycles. The Labute approximate surface area is 137 Å². The zero-order valence-electron chi connectivity index (χ0n) is 13.4. The van der Waals surface area contributed by atoms with Crippen molar-refractivity contribution in [3.05, 3.63) is 54.6 Å². The second kappa shape index (κ2) is 8.10. The van der Waals surface area contributed by atoms with Crippen molar-refractivity contribution in [2.75, 3.05) is 27.2 Å². The van der Waals surface area contributed by atoms with E-state index in [4.69, 9.17) is 4.74 Å². The summed E-state index contributed by atoms with van der Waals surface area (Å²) in [5, 5.41) is 0. The molecule has 2 aromatic carbocycles. The third kappa shape index (κ3) is 5.67. The maximum atomic E-state index is 12.2. The largest absolute Gasteiger partial charge is 0.457 e. The van der Waals surface area contributed by atoms with Gasteiger partial charge in [-0.1, -0.05) is 18.2 Å². The van der Waals surface area contributed by atoms with Gasteiger partial charge in [0.1, 0.15) is 11.5 Å². The summed E-state index contributed by atoms with van der Waals surface area (Å²) in [5.74, 6) is 1.31. The lowest BCUT2D eigenvalue weighted by Gasteiger charge is -2.11. The fourth-order valence-electron chi connectivity index (χ4n) is 2.00. The lowest BCUT2D eigenvalue weighted by atomic mass is 10.3. The molecule has 0 aromatic heterocycles. The molecule has 0 aliphatic heterocycles. The first-order chi connectivity index (χ1) is 11.0. The van der Waals surface area contributed by atoms with Gasteiger partial charge in [0.15, 0.2) is 0 Å². The Bertz CT molecular complexity index is 698. The first-order valence-electron chi connectivity index (χ1n) is 7.45. The van der Waals surface area contributed by atoms with Gasteiger partial charge in [0, 0.05) is 6.54 Å². The van der Waals surface area contributed by atoms with Crippen molar-refractivity contribution >= 4 is 10.0 Å². The first-order valence-corrected chi connectivity index (χ1v) is 8.93. The second-order valence-electron chi connectivity index (χ2n) is 5.44. The molecule has 0 unspecified atom stereocenters. The summed E-state index contributed by atoms with van der Waals surface area (Å²) >= 11 is 0. The number of hydrogen-bond acceptors (Lipinski definition) is 4. The van der Waals surface area contributed by atoms with Crippen LogP contribution in [0.2, 0.25) is 0 Å². The van der Waals surface area contributed by atoms with Gasteiger partial charge in [0.05, 0.1) is 4.90 Å². The summed E-state index contributed by atoms with van der Waals surface area (Å²) in [4.78, 5) is 2.26. The van der Waals surface area contributed by atoms with Gasteiger partial charge in [-0.3, -0.25) is 0 Å². The van der Waals surface area contributed by atoms with Crippen LogP contribution in [0.15, 0.2) is 59.5 Å². The third-order valence-corrected chi connectivity index (χ3v) is 4.66. The lowest BCUT2D eigenvalue weighted by Crippen LogP contribution is -2.27. The summed E-state index contributed by atoms with van der Waals surface area (Å²) in [6.45, 7) is 1.26. The molecule has 0 radical (unpaired) electrons. The van der Waals surface area contributed by atoms with E-state index in [0.29, 0.717) is 18.0 Å². The predicted octanol–water partition coefficient (Wildman–Crippen LogP) is 2.71. The van der Waals surface area contributed by atoms with Crippen molar-refractivity contribution in [3.63, 3.8) is 0 Å². The van der Waals surface area contributed by atoms with E-state index in [1.165, 1.54) is 0 Å². The van der Waals surface area contributed by atoms with Gasteiger partial charge in [-0.15, -0.1) is 0 Å². The minimum Gasteiger partial charge on any atom is -0.457 e. The van der Waals surface area contributed by atoms with E-state index in [1.807, 2.05) is 49.3 Å². The van der Waals surface area contributed by atoms with Crippen LogP contribution in [0.5, 0.6) is 11.5 Å². The van der Waals surface area contributed by atoms with Crippen LogP contribution >= 0.6 is 0 Å². The molecule has 0 spiro atoms. The van der Waals surface area contributed by atoms with E-state index in [0.717, 1.165) is 13.0 Å². The van der Waals surface area contributed by atoms with Crippen molar-refractivity contribution in [1.82, 2.24) is 9.62 Å². The van der Waals surface area contributed by atoms with E-state index in [-0.39, 0.29) is 4.90 Å². The third-order valence-electron chi connectivity index (χ3n) is 3.19. The summed E-state index contributed by atoms with van der Waals surface area (Å²) in [7, 11) is 0.445. The van der Waals surface area contributed by atoms with E-state index < -0.39 is 10.0 Å². The van der Waals surface area contributed by atoms with Gasteiger partial charge in [-0.25, -0.2) is 13.1 Å². The van der Waals surface area contributed by atoms with E-state index in [1.54, 1.807) is 24.3 Å². The SMILES string of the molecule is CN(C)CCCNS(=O)(=O)c1ccc(Oc2ccccc2)cc1. The maximum Gasteiger partial charge on any atom is 0.240 e. The Morgan fingerprint density at radius 2 is 1.57 bits per heavy atom. The quantitative estimate of drug-likeness (QED) is 0.754. The Kier molecular flexibility index (Phi) is 6.15. The van der Waals surface area contributed by atoms with Crippen LogP contribution in [-0.4, -0.2) is 40.5 Å². The second-order valence-corrected chi connectivity index (χ2v) is 7.21. The van der Waals surface area contributed by atoms with Crippen LogP contribution in [0.4, 0.5) is 0 Å². The molecule has 2 rings (SSSR count). The molecule has 0 heterocycles. The maximum absolute atomic E-state index is 12.2. The number of ether oxygens (including phenoxy) is 1. The summed E-state index contributed by atoms with van der Waals surface area (Å²) in [6.07, 6.45) is 0.765. The number of sulfonamides is 1. The highest BCUT2D eigenvalue weighted by atomic mass is 32.2. The van der Waals surface area contributed by atoms with Crippen LogP contribution in [0, 0.1) is 0 Å². The lowest BCUT2D eigenvalue weighted by molar-refractivity contribution is 0.400. The number of nitrogens with zero attached hydrogens (tertiary/aromatic N) is 1. The molecule has 0 bridgehead atoms. The molecule has 124 valence electrons. The van der Waals surface area contributed by atoms with Crippen LogP contribution in [0.1, 0.15) is 6.42 Å². The molecular weight excluding hydrogens is 312 g/mol. The standard InChI is InChI=1S/C17H22N2O3S/c1-19(2)14-6-13-18-23(20,21)17-11-9-16(10-12-17)22-15-7-4-3-5-8-15/h3-5,7-12,18H,6,13-14H2,1-2H3. The fourth-order valence-corrected chi connectivity index (χ4v) is 3.07. The van der Waals surface area contributed by atoms with Crippen LogP contribution in [0.25, 0.3) is 0 Å². The smallest absolute Gasteiger partial charge is 0.240 e. The van der Waals surface area contributed by atoms with Crippen molar-refractivity contribution in [3.8, 4) is 11.5 Å². The molecule has 0 saturated heterocycles. The molecular formula is C17H22N2O3S. The van der Waals surface area contributed by atoms with Gasteiger partial charge >= 0.3 is 0 Å². The van der Waals surface area contributed by atoms with Gasteiger partial charge in [-0.2, -0.15) is 0 Å². The normalized spacial score (nSPS) is 11.6. The number of rotatable bonds is 8. The minimum absolute atomic E-state index is 0.239. The van der Waals surface area contributed by atoms with Gasteiger partial charge in [-0.05, 0) is 63.5 Å². The topological polar surface area (TPSA) is 58.6 Å². The van der Waals surface area contributed by atoms with Gasteiger partial charge in [0.25, 0.3) is 0 Å². The van der Waals surface area contributed by atoms with Gasteiger partial charge in [0.2, 0.25) is 10.0 Å². The average Bonchev–Trinajstić information content (AvgIpc) is 2.53. The van der Waals surface area contributed by atoms with Gasteiger partial charge < -0.3 is 9.64 Å². The van der Waals surface area contributed by atoms with E-state index in [9.17, 15) is 8.42 Å². The molecule has 0 atom stereocenters. The molecule has 6 heteroatoms. The minimum atomic E-state index is -3.47. The Morgan fingerprint density at radius 3 is 2.17 bits per heavy atom. The molecule has 23 heavy (non-hydrogen) atoms. The van der Waals surface area contributed by atoms with Crippen LogP contribution in [-0.2, 0) is 10.0 Å². The molecule has 5 nitrogen and oxygen atoms in total. The molecule has 0 saturated carbocycles. The number of nitrogens with one attached hydrogen (secondary N) is 1. The number of benzene rings is 2. The van der Waals surface area contributed by atoms with Crippen molar-refractivity contribution in [1.29, 1.82) is 0 Å². The van der Waals surface area contributed by atoms with Crippen molar-refractivity contribution in [2.45, 2.75) is 11.3 Å². The summed E-state index contributed by atoms with van der Waals surface area (Å²) in [5.41, 5.74) is 0. The monoisotopic (exact) mass is 334 g/mol. The fraction of sp³-hybridized carbons (Fsp3) is 0.294. The van der Waals surface area contributed by atoms with Crippen LogP contribution < -0.4 is 9.46 Å². The number of hydrogen-bond donors (Lipinski definition) is 1. The molecule has 2 aromatic rings. The Hall–Kier alpha value is -1.89. The highest BCUT2D eigenvalue weighted by Gasteiger charge is 2.13. The first kappa shape index (κ1) is 17.5. The zero-order chi connectivity index (χ0) is 16.7. The molecule has 0 aliphatic rings. The molecule has 1 N–H and O–H groups in total. The van der Waals surface area contributed by atoms with Crippen molar-refractivity contribution < 1.29 is 13.2 Å². The number of para-hydroxylation sites is 1. The van der Waals surface area contributed by atoms with E-state index >= 15 is 0 Å². The Balaban J connectivity index is 1.95. The molecule has 0 amide bonds. The predicted molar refractivity (Wildman–Crippen MR) is 91.3 cm³/mol. The summed E-state index contributed by atoms with van der Waals surface area (Å²) < 4.78 is 32.6. The van der Waals surface area contributed by atoms with Crippen molar-refractivity contribution in [2.24, 2.45) is 0 Å². The summed E-state index contributed by atoms with van der Waals surface area (Å²) in [6, 6.07) is 15.8. The highest BCUT2D eigenvalue weighted by Crippen LogP contribution is 2.22. The van der Waals surface area contributed by atoms with Crippen LogP contribution in [0.3, 0.4) is 0 Å².